The molecule has 0 aliphatic heterocycles. The van der Waals surface area contributed by atoms with E-state index >= 15 is 0 Å². The molecule has 19 heavy (non-hydrogen) atoms. The van der Waals surface area contributed by atoms with E-state index in [9.17, 15) is 4.79 Å². The molecule has 1 aromatic carbocycles. The third kappa shape index (κ3) is 3.81. The average Bonchev–Trinajstić information content (AvgIpc) is 2.77. The summed E-state index contributed by atoms with van der Waals surface area (Å²) in [5.41, 5.74) is 3.25. The Balaban J connectivity index is 1.98. The number of carboxylic acid groups (broad SMARTS) is 1. The molecule has 0 aliphatic rings. The normalized spacial score (nSPS) is 10.6. The highest BCUT2D eigenvalue weighted by Crippen LogP contribution is 2.26. The Kier molecular flexibility index (Phi) is 5.01. The zero-order valence-electron chi connectivity index (χ0n) is 10.2. The van der Waals surface area contributed by atoms with Gasteiger partial charge in [-0.3, -0.25) is 0 Å². The lowest BCUT2D eigenvalue weighted by molar-refractivity contribution is 0.0695. The van der Waals surface area contributed by atoms with Gasteiger partial charge in [-0.2, -0.15) is 0 Å². The van der Waals surface area contributed by atoms with E-state index in [0.29, 0.717) is 10.0 Å². The standard InChI is InChI=1S/C13H12BrNO2S2/c1-8-12(19-7-15-8)4-5-18-9-2-3-11(14)10(6-9)13(16)17/h2-3,6-7H,4-5H2,1H3,(H,16,17). The number of benzene rings is 1. The Hall–Kier alpha value is -0.850. The minimum absolute atomic E-state index is 0.305. The van der Waals surface area contributed by atoms with Crippen LogP contribution in [0.5, 0.6) is 0 Å². The lowest BCUT2D eigenvalue weighted by atomic mass is 10.2. The molecule has 1 aromatic heterocycles. The molecule has 3 nitrogen and oxygen atoms in total. The van der Waals surface area contributed by atoms with E-state index in [0.717, 1.165) is 22.8 Å². The van der Waals surface area contributed by atoms with Crippen molar-refractivity contribution in [2.75, 3.05) is 5.75 Å². The third-order valence-corrected chi connectivity index (χ3v) is 5.29. The van der Waals surface area contributed by atoms with E-state index in [2.05, 4.69) is 20.9 Å². The summed E-state index contributed by atoms with van der Waals surface area (Å²) in [6.07, 6.45) is 0.958. The molecular formula is C13H12BrNO2S2. The Morgan fingerprint density at radius 3 is 2.95 bits per heavy atom. The van der Waals surface area contributed by atoms with Crippen molar-refractivity contribution in [1.82, 2.24) is 4.98 Å². The summed E-state index contributed by atoms with van der Waals surface area (Å²) in [7, 11) is 0. The molecule has 0 bridgehead atoms. The fourth-order valence-corrected chi connectivity index (χ4v) is 3.82. The van der Waals surface area contributed by atoms with Gasteiger partial charge in [0.2, 0.25) is 0 Å². The molecule has 6 heteroatoms. The molecule has 0 radical (unpaired) electrons. The molecule has 0 amide bonds. The number of hydrogen-bond donors (Lipinski definition) is 1. The number of carbonyl (C=O) groups is 1. The van der Waals surface area contributed by atoms with E-state index in [1.807, 2.05) is 18.5 Å². The maximum atomic E-state index is 11.0. The predicted molar refractivity (Wildman–Crippen MR) is 82.4 cm³/mol. The molecule has 100 valence electrons. The van der Waals surface area contributed by atoms with Gasteiger partial charge in [0.1, 0.15) is 0 Å². The van der Waals surface area contributed by atoms with Gasteiger partial charge in [0.05, 0.1) is 16.8 Å². The molecule has 0 atom stereocenters. The van der Waals surface area contributed by atoms with Crippen LogP contribution in [0.15, 0.2) is 33.1 Å². The molecule has 1 heterocycles. The molecule has 0 saturated carbocycles. The minimum atomic E-state index is -0.910. The summed E-state index contributed by atoms with van der Waals surface area (Å²) in [6, 6.07) is 5.42. The van der Waals surface area contributed by atoms with Gasteiger partial charge in [-0.25, -0.2) is 9.78 Å². The lowest BCUT2D eigenvalue weighted by Crippen LogP contribution is -1.98. The summed E-state index contributed by atoms with van der Waals surface area (Å²) in [6.45, 7) is 2.01. The number of nitrogens with zero attached hydrogens (tertiary/aromatic N) is 1. The van der Waals surface area contributed by atoms with Gasteiger partial charge < -0.3 is 5.11 Å². The van der Waals surface area contributed by atoms with E-state index in [-0.39, 0.29) is 0 Å². The molecule has 0 unspecified atom stereocenters. The SMILES string of the molecule is Cc1ncsc1CCSc1ccc(Br)c(C(=O)O)c1. The van der Waals surface area contributed by atoms with E-state index < -0.39 is 5.97 Å². The van der Waals surface area contributed by atoms with Crippen LogP contribution in [0.1, 0.15) is 20.9 Å². The van der Waals surface area contributed by atoms with E-state index in [1.54, 1.807) is 35.2 Å². The van der Waals surface area contributed by atoms with Gasteiger partial charge >= 0.3 is 5.97 Å². The number of thiazole rings is 1. The minimum Gasteiger partial charge on any atom is -0.478 e. The molecule has 0 spiro atoms. The highest BCUT2D eigenvalue weighted by Gasteiger charge is 2.09. The summed E-state index contributed by atoms with van der Waals surface area (Å²) in [4.78, 5) is 17.5. The smallest absolute Gasteiger partial charge is 0.336 e. The van der Waals surface area contributed by atoms with Gasteiger partial charge in [-0.05, 0) is 47.5 Å². The van der Waals surface area contributed by atoms with Crippen molar-refractivity contribution < 1.29 is 9.90 Å². The topological polar surface area (TPSA) is 50.2 Å². The van der Waals surface area contributed by atoms with Crippen LogP contribution in [-0.4, -0.2) is 21.8 Å². The first kappa shape index (κ1) is 14.6. The molecule has 1 N–H and O–H groups in total. The monoisotopic (exact) mass is 357 g/mol. The Labute approximate surface area is 128 Å². The number of rotatable bonds is 5. The van der Waals surface area contributed by atoms with Crippen LogP contribution in [0.3, 0.4) is 0 Å². The predicted octanol–water partition coefficient (Wildman–Crippen LogP) is 4.25. The van der Waals surface area contributed by atoms with Crippen LogP contribution in [0.2, 0.25) is 0 Å². The van der Waals surface area contributed by atoms with Crippen molar-refractivity contribution >= 4 is 45.0 Å². The highest BCUT2D eigenvalue weighted by molar-refractivity contribution is 9.10. The number of carboxylic acids is 1. The van der Waals surface area contributed by atoms with Crippen LogP contribution < -0.4 is 0 Å². The Morgan fingerprint density at radius 1 is 1.53 bits per heavy atom. The second-order valence-corrected chi connectivity index (χ2v) is 6.87. The van der Waals surface area contributed by atoms with Crippen molar-refractivity contribution in [3.05, 3.63) is 44.3 Å². The maximum absolute atomic E-state index is 11.0. The Bertz CT molecular complexity index is 598. The molecule has 0 aliphatic carbocycles. The van der Waals surface area contributed by atoms with Gasteiger partial charge in [0.25, 0.3) is 0 Å². The molecule has 0 fully saturated rings. The number of thioether (sulfide) groups is 1. The second-order valence-electron chi connectivity index (χ2n) is 3.91. The first-order valence-electron chi connectivity index (χ1n) is 5.62. The van der Waals surface area contributed by atoms with Crippen molar-refractivity contribution in [1.29, 1.82) is 0 Å². The van der Waals surface area contributed by atoms with Crippen LogP contribution >= 0.6 is 39.0 Å². The van der Waals surface area contributed by atoms with E-state index in [4.69, 9.17) is 5.11 Å². The van der Waals surface area contributed by atoms with Crippen molar-refractivity contribution in [3.8, 4) is 0 Å². The molecule has 2 rings (SSSR count). The number of hydrogen-bond acceptors (Lipinski definition) is 4. The van der Waals surface area contributed by atoms with E-state index in [1.165, 1.54) is 4.88 Å². The van der Waals surface area contributed by atoms with Crippen molar-refractivity contribution in [2.45, 2.75) is 18.2 Å². The van der Waals surface area contributed by atoms with Crippen LogP contribution in [0.4, 0.5) is 0 Å². The zero-order valence-corrected chi connectivity index (χ0v) is 13.4. The fourth-order valence-electron chi connectivity index (χ4n) is 1.59. The summed E-state index contributed by atoms with van der Waals surface area (Å²) in [5.74, 6) is 0.0108. The zero-order chi connectivity index (χ0) is 13.8. The fraction of sp³-hybridized carbons (Fsp3) is 0.231. The van der Waals surface area contributed by atoms with Crippen molar-refractivity contribution in [3.63, 3.8) is 0 Å². The summed E-state index contributed by atoms with van der Waals surface area (Å²) in [5, 5.41) is 9.06. The summed E-state index contributed by atoms with van der Waals surface area (Å²) < 4.78 is 0.614. The van der Waals surface area contributed by atoms with Gasteiger partial charge in [-0.15, -0.1) is 23.1 Å². The lowest BCUT2D eigenvalue weighted by Gasteiger charge is -2.04. The van der Waals surface area contributed by atoms with Gasteiger partial charge in [0.15, 0.2) is 0 Å². The maximum Gasteiger partial charge on any atom is 0.336 e. The molecule has 0 saturated heterocycles. The number of aromatic carboxylic acids is 1. The van der Waals surface area contributed by atoms with Crippen LogP contribution in [0, 0.1) is 6.92 Å². The first-order chi connectivity index (χ1) is 9.08. The number of aromatic nitrogens is 1. The Morgan fingerprint density at radius 2 is 2.32 bits per heavy atom. The van der Waals surface area contributed by atoms with Crippen LogP contribution in [0.25, 0.3) is 0 Å². The first-order valence-corrected chi connectivity index (χ1v) is 8.28. The third-order valence-electron chi connectivity index (χ3n) is 2.61. The van der Waals surface area contributed by atoms with Crippen molar-refractivity contribution in [2.24, 2.45) is 0 Å². The second kappa shape index (κ2) is 6.54. The molecule has 2 aromatic rings. The largest absolute Gasteiger partial charge is 0.478 e. The quantitative estimate of drug-likeness (QED) is 0.812. The number of aryl methyl sites for hydroxylation is 2. The van der Waals surface area contributed by atoms with Gasteiger partial charge in [-0.1, -0.05) is 0 Å². The highest BCUT2D eigenvalue weighted by atomic mass is 79.9. The summed E-state index contributed by atoms with van der Waals surface area (Å²) >= 11 is 6.58. The van der Waals surface area contributed by atoms with Crippen LogP contribution in [-0.2, 0) is 6.42 Å². The average molecular weight is 358 g/mol. The number of halogens is 1. The molecular weight excluding hydrogens is 346 g/mol. The van der Waals surface area contributed by atoms with Gasteiger partial charge in [0, 0.05) is 20.0 Å².